The largest absolute Gasteiger partial charge is 0.550 e. The highest BCUT2D eigenvalue weighted by atomic mass is 16.5. The van der Waals surface area contributed by atoms with Crippen molar-refractivity contribution >= 4 is 17.7 Å². The molecule has 0 aliphatic carbocycles. The lowest BCUT2D eigenvalue weighted by molar-refractivity contribution is -0.306. The molecule has 3 aromatic rings. The molecule has 1 unspecified atom stereocenters. The smallest absolute Gasteiger partial charge is 0.220 e. The van der Waals surface area contributed by atoms with Gasteiger partial charge in [0, 0.05) is 24.4 Å². The zero-order chi connectivity index (χ0) is 24.3. The zero-order valence-corrected chi connectivity index (χ0v) is 18.8. The number of nitrogens with two attached hydrogens (primary N) is 1. The molecule has 0 fully saturated rings. The third-order valence-corrected chi connectivity index (χ3v) is 5.33. The lowest BCUT2D eigenvalue weighted by atomic mass is 10.0. The number of nitrogen functional groups attached to an aromatic ring is 1. The summed E-state index contributed by atoms with van der Waals surface area (Å²) in [5.74, 6) is -0.207. The summed E-state index contributed by atoms with van der Waals surface area (Å²) in [5, 5.41) is 21.6. The van der Waals surface area contributed by atoms with Crippen LogP contribution in [0.3, 0.4) is 0 Å². The summed E-state index contributed by atoms with van der Waals surface area (Å²) in [6.07, 6.45) is 2.22. The van der Waals surface area contributed by atoms with E-state index >= 15 is 0 Å². The predicted molar refractivity (Wildman–Crippen MR) is 128 cm³/mol. The molecule has 0 radical (unpaired) electrons. The molecule has 3 rings (SSSR count). The van der Waals surface area contributed by atoms with Gasteiger partial charge >= 0.3 is 0 Å². The molecular weight excluding hydrogens is 430 g/mol. The van der Waals surface area contributed by atoms with Gasteiger partial charge in [-0.25, -0.2) is 0 Å². The van der Waals surface area contributed by atoms with Gasteiger partial charge in [-0.15, -0.1) is 0 Å². The molecule has 0 spiro atoms. The number of aryl methyl sites for hydroxylation is 1. The highest BCUT2D eigenvalue weighted by Crippen LogP contribution is 2.26. The van der Waals surface area contributed by atoms with Crippen molar-refractivity contribution in [1.82, 2.24) is 5.32 Å². The fraction of sp³-hybridized carbons (Fsp3) is 0.222. The van der Waals surface area contributed by atoms with Gasteiger partial charge in [0.15, 0.2) is 0 Å². The number of unbranched alkanes of at least 4 members (excludes halogenated alkanes) is 1. The Labute approximate surface area is 199 Å². The van der Waals surface area contributed by atoms with Crippen molar-refractivity contribution in [3.8, 4) is 11.5 Å². The van der Waals surface area contributed by atoms with Crippen LogP contribution in [0.25, 0.3) is 0 Å². The van der Waals surface area contributed by atoms with Gasteiger partial charge in [-0.1, -0.05) is 54.6 Å². The van der Waals surface area contributed by atoms with Gasteiger partial charge in [0.2, 0.25) is 5.91 Å². The Morgan fingerprint density at radius 1 is 0.941 bits per heavy atom. The Morgan fingerprint density at radius 3 is 2.32 bits per heavy atom. The number of para-hydroxylation sites is 1. The number of carboxylic acids is 1. The summed E-state index contributed by atoms with van der Waals surface area (Å²) in [7, 11) is 0. The molecular formula is C27H28N3O4-. The summed E-state index contributed by atoms with van der Waals surface area (Å²) in [4.78, 5) is 23.8. The lowest BCUT2D eigenvalue weighted by Gasteiger charge is -2.20. The number of carboxylic acid groups (broad SMARTS) is 1. The van der Waals surface area contributed by atoms with Gasteiger partial charge < -0.3 is 25.7 Å². The molecule has 0 heterocycles. The van der Waals surface area contributed by atoms with Crippen LogP contribution in [-0.2, 0) is 16.0 Å². The maximum absolute atomic E-state index is 12.5. The van der Waals surface area contributed by atoms with Crippen LogP contribution >= 0.6 is 0 Å². The van der Waals surface area contributed by atoms with E-state index in [0.29, 0.717) is 29.0 Å². The van der Waals surface area contributed by atoms with Crippen molar-refractivity contribution in [2.75, 3.05) is 0 Å². The van der Waals surface area contributed by atoms with E-state index in [4.69, 9.17) is 15.9 Å². The lowest BCUT2D eigenvalue weighted by Crippen LogP contribution is -2.34. The molecule has 0 aliphatic heterocycles. The van der Waals surface area contributed by atoms with E-state index in [-0.39, 0.29) is 24.6 Å². The van der Waals surface area contributed by atoms with Crippen LogP contribution < -0.4 is 20.9 Å². The van der Waals surface area contributed by atoms with Gasteiger partial charge in [0.25, 0.3) is 0 Å². The number of ether oxygens (including phenoxy) is 1. The van der Waals surface area contributed by atoms with Crippen molar-refractivity contribution < 1.29 is 19.4 Å². The van der Waals surface area contributed by atoms with Crippen LogP contribution in [0.2, 0.25) is 0 Å². The fourth-order valence-corrected chi connectivity index (χ4v) is 3.57. The molecule has 176 valence electrons. The summed E-state index contributed by atoms with van der Waals surface area (Å²) in [5.41, 5.74) is 7.89. The first-order valence-corrected chi connectivity index (χ1v) is 11.2. The van der Waals surface area contributed by atoms with E-state index in [1.54, 1.807) is 24.3 Å². The van der Waals surface area contributed by atoms with E-state index in [0.717, 1.165) is 18.4 Å². The van der Waals surface area contributed by atoms with Crippen molar-refractivity contribution in [3.63, 3.8) is 0 Å². The van der Waals surface area contributed by atoms with Crippen molar-refractivity contribution in [3.05, 3.63) is 95.6 Å². The monoisotopic (exact) mass is 458 g/mol. The van der Waals surface area contributed by atoms with Gasteiger partial charge in [-0.05, 0) is 54.7 Å². The summed E-state index contributed by atoms with van der Waals surface area (Å²) in [6, 6.07) is 23.0. The Balaban J connectivity index is 1.54. The number of amidine groups is 1. The van der Waals surface area contributed by atoms with E-state index in [1.807, 2.05) is 54.6 Å². The molecule has 7 heteroatoms. The van der Waals surface area contributed by atoms with Crippen molar-refractivity contribution in [2.45, 2.75) is 38.1 Å². The minimum absolute atomic E-state index is 0.0338. The molecule has 0 aliphatic rings. The molecule has 4 N–H and O–H groups in total. The highest BCUT2D eigenvalue weighted by molar-refractivity contribution is 5.94. The first kappa shape index (κ1) is 24.5. The Morgan fingerprint density at radius 2 is 1.65 bits per heavy atom. The number of nitrogens with one attached hydrogen (secondary N) is 2. The maximum Gasteiger partial charge on any atom is 0.220 e. The molecule has 34 heavy (non-hydrogen) atoms. The fourth-order valence-electron chi connectivity index (χ4n) is 3.57. The standard InChI is InChI=1S/C27H29N3O4/c28-27(29)20-15-13-19(14-16-20)7-4-5-12-25(31)30-24(18-26(32)33)21-8-6-11-23(17-21)34-22-9-2-1-3-10-22/h1-3,6,8-11,13-17,24H,4-5,7,12,18H2,(H3,28,29)(H,30,31)(H,32,33)/p-1. The van der Waals surface area contributed by atoms with Gasteiger partial charge in [-0.2, -0.15) is 0 Å². The number of aliphatic carboxylic acids is 1. The second-order valence-electron chi connectivity index (χ2n) is 8.00. The third kappa shape index (κ3) is 7.78. The number of benzene rings is 3. The van der Waals surface area contributed by atoms with Crippen LogP contribution in [0.1, 0.15) is 48.4 Å². The second kappa shape index (κ2) is 12.2. The van der Waals surface area contributed by atoms with Crippen LogP contribution in [0.5, 0.6) is 11.5 Å². The normalized spacial score (nSPS) is 11.4. The molecule has 0 saturated heterocycles. The molecule has 0 saturated carbocycles. The van der Waals surface area contributed by atoms with E-state index in [2.05, 4.69) is 5.32 Å². The minimum atomic E-state index is -1.24. The SMILES string of the molecule is N=C(N)c1ccc(CCCCC(=O)NC(CC(=O)[O-])c2cccc(Oc3ccccc3)c2)cc1. The van der Waals surface area contributed by atoms with Gasteiger partial charge in [0.1, 0.15) is 17.3 Å². The average molecular weight is 459 g/mol. The number of rotatable bonds is 12. The summed E-state index contributed by atoms with van der Waals surface area (Å²) < 4.78 is 5.83. The van der Waals surface area contributed by atoms with Gasteiger partial charge in [-0.3, -0.25) is 10.2 Å². The number of carbonyl (C=O) groups is 2. The summed E-state index contributed by atoms with van der Waals surface area (Å²) in [6.45, 7) is 0. The number of hydrogen-bond donors (Lipinski definition) is 3. The molecule has 1 amide bonds. The Kier molecular flexibility index (Phi) is 8.80. The summed E-state index contributed by atoms with van der Waals surface area (Å²) >= 11 is 0. The number of amides is 1. The molecule has 3 aromatic carbocycles. The first-order valence-electron chi connectivity index (χ1n) is 11.2. The highest BCUT2D eigenvalue weighted by Gasteiger charge is 2.16. The van der Waals surface area contributed by atoms with Crippen LogP contribution in [0, 0.1) is 5.41 Å². The Bertz CT molecular complexity index is 1110. The second-order valence-corrected chi connectivity index (χ2v) is 8.00. The number of hydrogen-bond acceptors (Lipinski definition) is 5. The topological polar surface area (TPSA) is 128 Å². The number of carbonyl (C=O) groups excluding carboxylic acids is 2. The third-order valence-electron chi connectivity index (χ3n) is 5.33. The van der Waals surface area contributed by atoms with Crippen LogP contribution in [-0.4, -0.2) is 17.7 Å². The molecule has 7 nitrogen and oxygen atoms in total. The van der Waals surface area contributed by atoms with Crippen molar-refractivity contribution in [1.29, 1.82) is 5.41 Å². The molecule has 1 atom stereocenters. The quantitative estimate of drug-likeness (QED) is 0.217. The van der Waals surface area contributed by atoms with E-state index < -0.39 is 12.0 Å². The van der Waals surface area contributed by atoms with Gasteiger partial charge in [0.05, 0.1) is 6.04 Å². The minimum Gasteiger partial charge on any atom is -0.550 e. The average Bonchev–Trinajstić information content (AvgIpc) is 2.82. The molecule has 0 bridgehead atoms. The van der Waals surface area contributed by atoms with Crippen LogP contribution in [0.15, 0.2) is 78.9 Å². The van der Waals surface area contributed by atoms with Crippen LogP contribution in [0.4, 0.5) is 0 Å². The van der Waals surface area contributed by atoms with E-state index in [9.17, 15) is 14.7 Å². The Hall–Kier alpha value is -4.13. The first-order chi connectivity index (χ1) is 16.4. The van der Waals surface area contributed by atoms with E-state index in [1.165, 1.54) is 0 Å². The zero-order valence-electron chi connectivity index (χ0n) is 18.8. The maximum atomic E-state index is 12.5. The molecule has 0 aromatic heterocycles. The predicted octanol–water partition coefficient (Wildman–Crippen LogP) is 3.47. The van der Waals surface area contributed by atoms with Crippen molar-refractivity contribution in [2.24, 2.45) is 5.73 Å².